The number of aromatic nitrogens is 1. The average molecular weight is 302 g/mol. The Balaban J connectivity index is 1.97. The Bertz CT molecular complexity index is 896. The molecular formula is C15H14N2O3S. The summed E-state index contributed by atoms with van der Waals surface area (Å²) in [5, 5.41) is 0. The van der Waals surface area contributed by atoms with Gasteiger partial charge in [0.15, 0.2) is 15.4 Å². The lowest BCUT2D eigenvalue weighted by atomic mass is 10.2. The molecule has 2 N–H and O–H groups in total. The second-order valence-corrected chi connectivity index (χ2v) is 6.86. The number of oxazole rings is 1. The molecule has 1 heterocycles. The molecule has 6 heteroatoms. The molecule has 0 fully saturated rings. The van der Waals surface area contributed by atoms with Crippen LogP contribution >= 0.6 is 0 Å². The van der Waals surface area contributed by atoms with Crippen LogP contribution in [0.3, 0.4) is 0 Å². The number of sulfone groups is 1. The number of nitrogens with zero attached hydrogens (tertiary/aromatic N) is 1. The van der Waals surface area contributed by atoms with Crippen molar-refractivity contribution in [1.29, 1.82) is 0 Å². The first-order valence-corrected chi connectivity index (χ1v) is 8.04. The Hall–Kier alpha value is -2.34. The molecule has 3 rings (SSSR count). The number of fused-ring (bicyclic) bond motifs is 1. The Labute approximate surface area is 122 Å². The van der Waals surface area contributed by atoms with E-state index in [2.05, 4.69) is 4.98 Å². The summed E-state index contributed by atoms with van der Waals surface area (Å²) in [7, 11) is -3.49. The Morgan fingerprint density at radius 1 is 1.14 bits per heavy atom. The molecular weight excluding hydrogens is 288 g/mol. The van der Waals surface area contributed by atoms with Crippen molar-refractivity contribution in [2.24, 2.45) is 0 Å². The maximum Gasteiger partial charge on any atom is 0.211 e. The molecule has 0 bridgehead atoms. The quantitative estimate of drug-likeness (QED) is 0.752. The molecule has 0 saturated heterocycles. The minimum atomic E-state index is -3.49. The molecule has 0 aliphatic rings. The third kappa shape index (κ3) is 2.62. The van der Waals surface area contributed by atoms with Crippen LogP contribution in [0.4, 0.5) is 5.69 Å². The van der Waals surface area contributed by atoms with Crippen LogP contribution in [0.1, 0.15) is 11.5 Å². The van der Waals surface area contributed by atoms with Crippen LogP contribution in [-0.2, 0) is 15.6 Å². The van der Waals surface area contributed by atoms with Crippen molar-refractivity contribution >= 4 is 26.6 Å². The van der Waals surface area contributed by atoms with Crippen molar-refractivity contribution in [2.45, 2.75) is 17.6 Å². The summed E-state index contributed by atoms with van der Waals surface area (Å²) in [5.41, 5.74) is 8.24. The van der Waals surface area contributed by atoms with Crippen molar-refractivity contribution in [2.75, 3.05) is 5.73 Å². The van der Waals surface area contributed by atoms with Gasteiger partial charge in [-0.25, -0.2) is 13.4 Å². The lowest BCUT2D eigenvalue weighted by Crippen LogP contribution is -2.05. The highest BCUT2D eigenvalue weighted by atomic mass is 32.2. The summed E-state index contributed by atoms with van der Waals surface area (Å²) >= 11 is 0. The monoisotopic (exact) mass is 302 g/mol. The predicted octanol–water partition coefficient (Wildman–Crippen LogP) is 2.69. The number of anilines is 1. The van der Waals surface area contributed by atoms with Crippen molar-refractivity contribution in [3.63, 3.8) is 0 Å². The summed E-state index contributed by atoms with van der Waals surface area (Å²) in [4.78, 5) is 4.42. The smallest absolute Gasteiger partial charge is 0.211 e. The fourth-order valence-corrected chi connectivity index (χ4v) is 3.23. The molecule has 0 radical (unpaired) electrons. The second kappa shape index (κ2) is 4.89. The molecule has 0 aliphatic carbocycles. The van der Waals surface area contributed by atoms with Gasteiger partial charge >= 0.3 is 0 Å². The number of para-hydroxylation sites is 1. The van der Waals surface area contributed by atoms with E-state index in [0.717, 1.165) is 5.56 Å². The molecule has 0 saturated carbocycles. The van der Waals surface area contributed by atoms with E-state index in [-0.39, 0.29) is 16.5 Å². The van der Waals surface area contributed by atoms with Gasteiger partial charge in [0.2, 0.25) is 5.89 Å². The van der Waals surface area contributed by atoms with Gasteiger partial charge in [0, 0.05) is 0 Å². The standard InChI is InChI=1S/C15H14N2O3S/c1-10-5-7-11(8-6-10)21(18,19)9-14-17-15-12(16)3-2-4-13(15)20-14/h2-8H,9,16H2,1H3. The number of aryl methyl sites for hydroxylation is 1. The van der Waals surface area contributed by atoms with E-state index < -0.39 is 9.84 Å². The van der Waals surface area contributed by atoms with Crippen LogP contribution in [-0.4, -0.2) is 13.4 Å². The third-order valence-electron chi connectivity index (χ3n) is 3.19. The number of rotatable bonds is 3. The summed E-state index contributed by atoms with van der Waals surface area (Å²) in [6.45, 7) is 1.90. The average Bonchev–Trinajstić information content (AvgIpc) is 2.82. The molecule has 0 atom stereocenters. The molecule has 2 aromatic carbocycles. The molecule has 21 heavy (non-hydrogen) atoms. The summed E-state index contributed by atoms with van der Waals surface area (Å²) in [5.74, 6) is -0.145. The highest BCUT2D eigenvalue weighted by molar-refractivity contribution is 7.90. The number of benzene rings is 2. The van der Waals surface area contributed by atoms with E-state index in [1.165, 1.54) is 0 Å². The highest BCUT2D eigenvalue weighted by Gasteiger charge is 2.19. The number of hydrogen-bond acceptors (Lipinski definition) is 5. The van der Waals surface area contributed by atoms with Crippen molar-refractivity contribution in [1.82, 2.24) is 4.98 Å². The van der Waals surface area contributed by atoms with E-state index in [1.807, 2.05) is 6.92 Å². The van der Waals surface area contributed by atoms with E-state index in [0.29, 0.717) is 16.8 Å². The zero-order valence-electron chi connectivity index (χ0n) is 11.4. The summed E-state index contributed by atoms with van der Waals surface area (Å²) in [6, 6.07) is 11.8. The number of nitrogen functional groups attached to an aromatic ring is 1. The van der Waals surface area contributed by atoms with Crippen molar-refractivity contribution in [3.05, 3.63) is 53.9 Å². The van der Waals surface area contributed by atoms with Gasteiger partial charge in [0.1, 0.15) is 11.3 Å². The molecule has 0 spiro atoms. The molecule has 0 unspecified atom stereocenters. The maximum atomic E-state index is 12.3. The first-order chi connectivity index (χ1) is 9.95. The zero-order valence-corrected chi connectivity index (χ0v) is 12.2. The topological polar surface area (TPSA) is 86.2 Å². The van der Waals surface area contributed by atoms with Crippen LogP contribution < -0.4 is 5.73 Å². The molecule has 108 valence electrons. The summed E-state index contributed by atoms with van der Waals surface area (Å²) in [6.07, 6.45) is 0. The van der Waals surface area contributed by atoms with Crippen molar-refractivity contribution in [3.8, 4) is 0 Å². The van der Waals surface area contributed by atoms with Gasteiger partial charge in [0.25, 0.3) is 0 Å². The van der Waals surface area contributed by atoms with Gasteiger partial charge in [-0.05, 0) is 31.2 Å². The largest absolute Gasteiger partial charge is 0.439 e. The van der Waals surface area contributed by atoms with Gasteiger partial charge in [-0.2, -0.15) is 0 Å². The molecule has 1 aromatic heterocycles. The molecule has 5 nitrogen and oxygen atoms in total. The van der Waals surface area contributed by atoms with Crippen LogP contribution in [0.2, 0.25) is 0 Å². The SMILES string of the molecule is Cc1ccc(S(=O)(=O)Cc2nc3c(N)cccc3o2)cc1. The minimum absolute atomic E-state index is 0.142. The van der Waals surface area contributed by atoms with Crippen LogP contribution in [0.5, 0.6) is 0 Å². The van der Waals surface area contributed by atoms with Gasteiger partial charge in [0.05, 0.1) is 10.6 Å². The first kappa shape index (κ1) is 13.6. The Morgan fingerprint density at radius 2 is 1.86 bits per heavy atom. The van der Waals surface area contributed by atoms with Gasteiger partial charge in [-0.15, -0.1) is 0 Å². The normalized spacial score (nSPS) is 11.9. The molecule has 0 amide bonds. The predicted molar refractivity (Wildman–Crippen MR) is 80.5 cm³/mol. The zero-order chi connectivity index (χ0) is 15.0. The second-order valence-electron chi connectivity index (χ2n) is 4.87. The first-order valence-electron chi connectivity index (χ1n) is 6.39. The molecule has 0 aliphatic heterocycles. The van der Waals surface area contributed by atoms with Gasteiger partial charge < -0.3 is 10.2 Å². The maximum absolute atomic E-state index is 12.3. The van der Waals surface area contributed by atoms with E-state index in [1.54, 1.807) is 42.5 Å². The number of hydrogen-bond donors (Lipinski definition) is 1. The van der Waals surface area contributed by atoms with E-state index in [9.17, 15) is 8.42 Å². The van der Waals surface area contributed by atoms with Gasteiger partial charge in [-0.3, -0.25) is 0 Å². The van der Waals surface area contributed by atoms with Crippen LogP contribution in [0, 0.1) is 6.92 Å². The summed E-state index contributed by atoms with van der Waals surface area (Å²) < 4.78 is 30.1. The lowest BCUT2D eigenvalue weighted by molar-refractivity contribution is 0.540. The lowest BCUT2D eigenvalue weighted by Gasteiger charge is -2.02. The Morgan fingerprint density at radius 3 is 2.52 bits per heavy atom. The van der Waals surface area contributed by atoms with Crippen LogP contribution in [0.25, 0.3) is 11.1 Å². The molecule has 3 aromatic rings. The highest BCUT2D eigenvalue weighted by Crippen LogP contribution is 2.24. The fraction of sp³-hybridized carbons (Fsp3) is 0.133. The van der Waals surface area contributed by atoms with Crippen molar-refractivity contribution < 1.29 is 12.8 Å². The van der Waals surface area contributed by atoms with Crippen LogP contribution in [0.15, 0.2) is 51.8 Å². The fourth-order valence-electron chi connectivity index (χ4n) is 2.07. The van der Waals surface area contributed by atoms with Gasteiger partial charge in [-0.1, -0.05) is 23.8 Å². The van der Waals surface area contributed by atoms with E-state index >= 15 is 0 Å². The Kier molecular flexibility index (Phi) is 3.17. The number of nitrogens with two attached hydrogens (primary N) is 1. The minimum Gasteiger partial charge on any atom is -0.439 e. The third-order valence-corrected chi connectivity index (χ3v) is 4.81. The van der Waals surface area contributed by atoms with E-state index in [4.69, 9.17) is 10.2 Å².